The molecule has 6 atom stereocenters. The van der Waals surface area contributed by atoms with Crippen molar-refractivity contribution in [3.63, 3.8) is 0 Å². The van der Waals surface area contributed by atoms with Crippen molar-refractivity contribution in [3.8, 4) is 5.75 Å². The van der Waals surface area contributed by atoms with Gasteiger partial charge in [0.2, 0.25) is 11.8 Å². The number of hydrazine groups is 1. The molecule has 2 aliphatic heterocycles. The van der Waals surface area contributed by atoms with Crippen molar-refractivity contribution >= 4 is 52.6 Å². The van der Waals surface area contributed by atoms with Crippen molar-refractivity contribution in [2.45, 2.75) is 43.7 Å². The Morgan fingerprint density at radius 1 is 1.02 bits per heavy atom. The smallest absolute Gasteiger partial charge is 0.417 e. The van der Waals surface area contributed by atoms with Crippen LogP contribution in [0.15, 0.2) is 72.4 Å². The van der Waals surface area contributed by atoms with Crippen LogP contribution >= 0.6 is 23.2 Å². The Morgan fingerprint density at radius 2 is 1.75 bits per heavy atom. The number of carbonyl (C=O) groups is 4. The molecule has 0 bridgehead atoms. The summed E-state index contributed by atoms with van der Waals surface area (Å²) in [7, 11) is 0. The third kappa shape index (κ3) is 5.55. The fourth-order valence-electron chi connectivity index (χ4n) is 8.64. The van der Waals surface area contributed by atoms with Crippen LogP contribution in [-0.4, -0.2) is 63.4 Å². The minimum atomic E-state index is -4.74. The number of allylic oxidation sites excluding steroid dienone is 2. The van der Waals surface area contributed by atoms with Crippen LogP contribution in [0.2, 0.25) is 10.0 Å². The maximum Gasteiger partial charge on any atom is 0.417 e. The maximum absolute atomic E-state index is 15.3. The van der Waals surface area contributed by atoms with Gasteiger partial charge in [-0.3, -0.25) is 29.5 Å². The first-order chi connectivity index (χ1) is 24.8. The molecule has 1 saturated carbocycles. The number of rotatable bonds is 9. The molecular weight excluding hydrogens is 724 g/mol. The SMILES string of the molecule is CCCN1C(=O)[C@H]2[C@H](CC=C3[C@H]2C[C@H]2C(=O)N(Nc4ncc(C(F)(F)F)cc4Cl)C(=O)[C@@]2(c2ccc(Cl)cc2)[C@H]3c2ccccc2OCCO)C1=O. The van der Waals surface area contributed by atoms with Crippen LogP contribution < -0.4 is 10.2 Å². The largest absolute Gasteiger partial charge is 0.491 e. The fraction of sp³-hybridized carbons (Fsp3) is 0.378. The Bertz CT molecular complexity index is 1990. The van der Waals surface area contributed by atoms with Gasteiger partial charge in [0.25, 0.3) is 11.8 Å². The number of nitrogens with one attached hydrogen (secondary N) is 1. The molecule has 2 aromatic carbocycles. The van der Waals surface area contributed by atoms with Gasteiger partial charge in [-0.15, -0.1) is 0 Å². The third-order valence-corrected chi connectivity index (χ3v) is 11.2. The zero-order valence-corrected chi connectivity index (χ0v) is 29.2. The standard InChI is InChI=1S/C37H33Cl2F3N4O6/c1-2-13-45-32(48)24-12-11-22-25(29(24)34(45)50)17-26-33(49)46(44-31-27(39)16-20(18-43-31)37(40,41)42)35(51)36(26,19-7-9-21(38)10-8-19)30(22)23-5-3-4-6-28(23)52-15-14-47/h3-11,16,18,24-26,29-30,47H,2,12-15,17H2,1H3,(H,43,44)/t24-,25+,26-,29-,30+,36+/m0/s1. The van der Waals surface area contributed by atoms with Gasteiger partial charge in [-0.05, 0) is 55.0 Å². The summed E-state index contributed by atoms with van der Waals surface area (Å²) in [5.74, 6) is -6.26. The highest BCUT2D eigenvalue weighted by molar-refractivity contribution is 6.33. The number of nitrogens with zero attached hydrogens (tertiary/aromatic N) is 3. The number of para-hydroxylation sites is 1. The van der Waals surface area contributed by atoms with Crippen molar-refractivity contribution in [1.82, 2.24) is 14.9 Å². The Morgan fingerprint density at radius 3 is 2.42 bits per heavy atom. The lowest BCUT2D eigenvalue weighted by Crippen LogP contribution is -2.53. The molecule has 0 radical (unpaired) electrons. The fourth-order valence-corrected chi connectivity index (χ4v) is 8.98. The molecule has 2 N–H and O–H groups in total. The second kappa shape index (κ2) is 13.5. The van der Waals surface area contributed by atoms with Gasteiger partial charge in [-0.1, -0.05) is 72.1 Å². The summed E-state index contributed by atoms with van der Waals surface area (Å²) in [5, 5.41) is 10.3. The van der Waals surface area contributed by atoms with Gasteiger partial charge in [-0.25, -0.2) is 4.98 Å². The van der Waals surface area contributed by atoms with Crippen LogP contribution in [0.4, 0.5) is 19.0 Å². The first kappa shape index (κ1) is 35.9. The van der Waals surface area contributed by atoms with Crippen molar-refractivity contribution in [2.75, 3.05) is 25.2 Å². The number of likely N-dealkylation sites (tertiary alicyclic amines) is 1. The first-order valence-electron chi connectivity index (χ1n) is 16.9. The summed E-state index contributed by atoms with van der Waals surface area (Å²) in [6.07, 6.45) is -1.50. The molecule has 1 aromatic heterocycles. The number of anilines is 1. The number of alkyl halides is 3. The average molecular weight is 758 g/mol. The van der Waals surface area contributed by atoms with Gasteiger partial charge >= 0.3 is 6.18 Å². The Kier molecular flexibility index (Phi) is 9.33. The highest BCUT2D eigenvalue weighted by atomic mass is 35.5. The van der Waals surface area contributed by atoms with Gasteiger partial charge < -0.3 is 9.84 Å². The van der Waals surface area contributed by atoms with E-state index in [2.05, 4.69) is 10.4 Å². The Hall–Kier alpha value is -4.46. The number of ether oxygens (including phenoxy) is 1. The number of pyridine rings is 1. The van der Waals surface area contributed by atoms with E-state index in [0.717, 1.165) is 5.01 Å². The van der Waals surface area contributed by atoms with Gasteiger partial charge in [0, 0.05) is 29.2 Å². The quantitative estimate of drug-likeness (QED) is 0.196. The monoisotopic (exact) mass is 756 g/mol. The van der Waals surface area contributed by atoms with Crippen molar-refractivity contribution in [3.05, 3.63) is 99.2 Å². The number of hydrogen-bond donors (Lipinski definition) is 2. The average Bonchev–Trinajstić information content (AvgIpc) is 3.49. The number of aromatic nitrogens is 1. The number of hydrogen-bond acceptors (Lipinski definition) is 8. The molecule has 10 nitrogen and oxygen atoms in total. The number of fused-ring (bicyclic) bond motifs is 4. The van der Waals surface area contributed by atoms with Crippen LogP contribution in [0.3, 0.4) is 0 Å². The van der Waals surface area contributed by atoms with Crippen molar-refractivity contribution < 1.29 is 42.2 Å². The molecule has 2 saturated heterocycles. The molecular formula is C37H33Cl2F3N4O6. The predicted octanol–water partition coefficient (Wildman–Crippen LogP) is 6.17. The number of imide groups is 2. The molecule has 0 unspecified atom stereocenters. The predicted molar refractivity (Wildman–Crippen MR) is 183 cm³/mol. The zero-order chi connectivity index (χ0) is 37.1. The second-order valence-corrected chi connectivity index (χ2v) is 14.2. The van der Waals surface area contributed by atoms with E-state index in [-0.39, 0.29) is 50.2 Å². The van der Waals surface area contributed by atoms with E-state index in [0.29, 0.717) is 46.2 Å². The molecule has 15 heteroatoms. The van der Waals surface area contributed by atoms with Crippen molar-refractivity contribution in [2.24, 2.45) is 23.7 Å². The summed E-state index contributed by atoms with van der Waals surface area (Å²) in [6.45, 7) is 1.74. The van der Waals surface area contributed by atoms with Crippen LogP contribution in [-0.2, 0) is 30.8 Å². The summed E-state index contributed by atoms with van der Waals surface area (Å²) in [4.78, 5) is 62.8. The first-order valence-corrected chi connectivity index (χ1v) is 17.6. The highest BCUT2D eigenvalue weighted by Gasteiger charge is 2.70. The van der Waals surface area contributed by atoms with Crippen LogP contribution in [0.1, 0.15) is 48.8 Å². The lowest BCUT2D eigenvalue weighted by molar-refractivity contribution is -0.141. The molecule has 2 aliphatic carbocycles. The molecule has 3 heterocycles. The van der Waals surface area contributed by atoms with Crippen LogP contribution in [0, 0.1) is 23.7 Å². The normalized spacial score (nSPS) is 27.0. The number of carbonyl (C=O) groups excluding carboxylic acids is 4. The second-order valence-electron chi connectivity index (χ2n) is 13.4. The maximum atomic E-state index is 15.3. The molecule has 272 valence electrons. The van der Waals surface area contributed by atoms with E-state index in [4.69, 9.17) is 27.9 Å². The van der Waals surface area contributed by atoms with E-state index in [1.807, 2.05) is 13.0 Å². The van der Waals surface area contributed by atoms with E-state index >= 15 is 4.79 Å². The summed E-state index contributed by atoms with van der Waals surface area (Å²) in [5.41, 5.74) is 1.39. The molecule has 3 aromatic rings. The summed E-state index contributed by atoms with van der Waals surface area (Å²) >= 11 is 12.6. The topological polar surface area (TPSA) is 129 Å². The minimum absolute atomic E-state index is 0.00169. The van der Waals surface area contributed by atoms with E-state index in [1.165, 1.54) is 4.90 Å². The Labute approximate surface area is 306 Å². The Balaban J connectivity index is 1.44. The van der Waals surface area contributed by atoms with Crippen LogP contribution in [0.25, 0.3) is 0 Å². The number of halogens is 5. The summed E-state index contributed by atoms with van der Waals surface area (Å²) < 4.78 is 46.3. The molecule has 4 aliphatic rings. The molecule has 0 spiro atoms. The van der Waals surface area contributed by atoms with Gasteiger partial charge in [0.1, 0.15) is 12.4 Å². The molecule has 3 fully saturated rings. The van der Waals surface area contributed by atoms with Gasteiger partial charge in [-0.2, -0.15) is 18.2 Å². The number of amides is 4. The molecule has 4 amide bonds. The van der Waals surface area contributed by atoms with Crippen LogP contribution in [0.5, 0.6) is 5.75 Å². The molecule has 7 rings (SSSR count). The van der Waals surface area contributed by atoms with Gasteiger partial charge in [0.15, 0.2) is 5.82 Å². The summed E-state index contributed by atoms with van der Waals surface area (Å²) in [6, 6.07) is 14.0. The third-order valence-electron chi connectivity index (χ3n) is 10.7. The lowest BCUT2D eigenvalue weighted by atomic mass is 9.49. The number of aliphatic hydroxyl groups excluding tert-OH is 1. The number of benzene rings is 2. The minimum Gasteiger partial charge on any atom is -0.491 e. The van der Waals surface area contributed by atoms with Crippen molar-refractivity contribution in [1.29, 1.82) is 0 Å². The van der Waals surface area contributed by atoms with E-state index in [1.54, 1.807) is 48.5 Å². The van der Waals surface area contributed by atoms with E-state index in [9.17, 15) is 32.7 Å². The number of aliphatic hydroxyl groups is 1. The highest BCUT2D eigenvalue weighted by Crippen LogP contribution is 2.65. The zero-order valence-electron chi connectivity index (χ0n) is 27.7. The molecule has 52 heavy (non-hydrogen) atoms. The van der Waals surface area contributed by atoms with E-state index < -0.39 is 63.6 Å². The lowest BCUT2D eigenvalue weighted by Gasteiger charge is -2.50. The van der Waals surface area contributed by atoms with Gasteiger partial charge in [0.05, 0.1) is 40.4 Å².